The Morgan fingerprint density at radius 3 is 3.00 bits per heavy atom. The van der Waals surface area contributed by atoms with Crippen LogP contribution in [0.1, 0.15) is 37.4 Å². The lowest BCUT2D eigenvalue weighted by molar-refractivity contribution is -0.117. The zero-order valence-electron chi connectivity index (χ0n) is 11.8. The fraction of sp³-hybridized carbons (Fsp3) is 0.400. The van der Waals surface area contributed by atoms with Crippen LogP contribution in [0.15, 0.2) is 28.8 Å². The van der Waals surface area contributed by atoms with Crippen molar-refractivity contribution in [1.29, 1.82) is 0 Å². The molecule has 1 aliphatic heterocycles. The number of halogens is 1. The second-order valence-corrected chi connectivity index (χ2v) is 5.16. The molecule has 1 amide bonds. The lowest BCUT2D eigenvalue weighted by Gasteiger charge is -2.16. The summed E-state index contributed by atoms with van der Waals surface area (Å²) in [5, 5.41) is 3.90. The van der Waals surface area contributed by atoms with Crippen molar-refractivity contribution < 1.29 is 13.7 Å². The minimum Gasteiger partial charge on any atom is -0.339 e. The predicted molar refractivity (Wildman–Crippen MR) is 74.4 cm³/mol. The molecule has 0 aliphatic carbocycles. The maximum Gasteiger partial charge on any atom is 0.232 e. The molecule has 1 fully saturated rings. The molecule has 6 heteroatoms. The number of para-hydroxylation sites is 1. The van der Waals surface area contributed by atoms with Crippen LogP contribution < -0.4 is 4.90 Å². The highest BCUT2D eigenvalue weighted by molar-refractivity contribution is 5.96. The van der Waals surface area contributed by atoms with Crippen LogP contribution in [0.25, 0.3) is 0 Å². The average Bonchev–Trinajstić information content (AvgIpc) is 3.07. The van der Waals surface area contributed by atoms with Gasteiger partial charge in [0, 0.05) is 19.4 Å². The lowest BCUT2D eigenvalue weighted by Crippen LogP contribution is -2.25. The van der Waals surface area contributed by atoms with Gasteiger partial charge in [-0.3, -0.25) is 4.79 Å². The number of hydrogen-bond donors (Lipinski definition) is 0. The quantitative estimate of drug-likeness (QED) is 0.868. The van der Waals surface area contributed by atoms with Gasteiger partial charge in [-0.2, -0.15) is 4.98 Å². The van der Waals surface area contributed by atoms with Gasteiger partial charge in [0.1, 0.15) is 5.82 Å². The van der Waals surface area contributed by atoms with Crippen LogP contribution in [-0.2, 0) is 11.2 Å². The molecule has 1 saturated heterocycles. The molecule has 110 valence electrons. The van der Waals surface area contributed by atoms with E-state index in [0.717, 1.165) is 12.8 Å². The smallest absolute Gasteiger partial charge is 0.232 e. The van der Waals surface area contributed by atoms with Gasteiger partial charge in [-0.15, -0.1) is 0 Å². The minimum absolute atomic E-state index is 0.125. The van der Waals surface area contributed by atoms with E-state index >= 15 is 0 Å². The number of hydrogen-bond acceptors (Lipinski definition) is 4. The van der Waals surface area contributed by atoms with Crippen LogP contribution in [-0.4, -0.2) is 22.6 Å². The summed E-state index contributed by atoms with van der Waals surface area (Å²) < 4.78 is 19.0. The number of anilines is 1. The Balaban J connectivity index is 1.79. The molecule has 1 aromatic carbocycles. The SMILES string of the molecule is CCCc1noc(C2CC(=O)N(c3ccccc3F)C2)n1. The topological polar surface area (TPSA) is 59.2 Å². The highest BCUT2D eigenvalue weighted by atomic mass is 19.1. The molecule has 1 aromatic heterocycles. The van der Waals surface area contributed by atoms with Gasteiger partial charge in [-0.1, -0.05) is 24.2 Å². The number of benzene rings is 1. The summed E-state index contributed by atoms with van der Waals surface area (Å²) in [4.78, 5) is 17.9. The van der Waals surface area contributed by atoms with E-state index in [9.17, 15) is 9.18 Å². The van der Waals surface area contributed by atoms with Gasteiger partial charge < -0.3 is 9.42 Å². The maximum atomic E-state index is 13.8. The van der Waals surface area contributed by atoms with Crippen molar-refractivity contribution in [3.05, 3.63) is 41.8 Å². The molecule has 0 N–H and O–H groups in total. The van der Waals surface area contributed by atoms with E-state index in [2.05, 4.69) is 10.1 Å². The fourth-order valence-electron chi connectivity index (χ4n) is 2.53. The van der Waals surface area contributed by atoms with Gasteiger partial charge in [0.2, 0.25) is 11.8 Å². The van der Waals surface area contributed by atoms with Crippen LogP contribution in [0.5, 0.6) is 0 Å². The van der Waals surface area contributed by atoms with Crippen LogP contribution in [0.2, 0.25) is 0 Å². The van der Waals surface area contributed by atoms with Crippen molar-refractivity contribution in [1.82, 2.24) is 10.1 Å². The number of nitrogens with zero attached hydrogens (tertiary/aromatic N) is 3. The molecule has 21 heavy (non-hydrogen) atoms. The van der Waals surface area contributed by atoms with Crippen LogP contribution in [0.4, 0.5) is 10.1 Å². The monoisotopic (exact) mass is 289 g/mol. The van der Waals surface area contributed by atoms with E-state index in [1.54, 1.807) is 18.2 Å². The van der Waals surface area contributed by atoms with Crippen LogP contribution in [0, 0.1) is 5.82 Å². The van der Waals surface area contributed by atoms with Crippen molar-refractivity contribution >= 4 is 11.6 Å². The highest BCUT2D eigenvalue weighted by Gasteiger charge is 2.35. The molecule has 2 heterocycles. The summed E-state index contributed by atoms with van der Waals surface area (Å²) in [5.74, 6) is 0.425. The molecular weight excluding hydrogens is 273 g/mol. The van der Waals surface area contributed by atoms with Gasteiger partial charge in [0.05, 0.1) is 11.6 Å². The second-order valence-electron chi connectivity index (χ2n) is 5.16. The molecule has 1 atom stereocenters. The summed E-state index contributed by atoms with van der Waals surface area (Å²) in [6.45, 7) is 2.41. The molecule has 2 aromatic rings. The van der Waals surface area contributed by atoms with Crippen molar-refractivity contribution in [2.75, 3.05) is 11.4 Å². The number of carbonyl (C=O) groups excluding carboxylic acids is 1. The fourth-order valence-corrected chi connectivity index (χ4v) is 2.53. The summed E-state index contributed by atoms with van der Waals surface area (Å²) >= 11 is 0. The summed E-state index contributed by atoms with van der Waals surface area (Å²) in [7, 11) is 0. The molecule has 1 aliphatic rings. The summed E-state index contributed by atoms with van der Waals surface area (Å²) in [5.41, 5.74) is 0.304. The first kappa shape index (κ1) is 13.7. The van der Waals surface area contributed by atoms with Crippen molar-refractivity contribution in [3.8, 4) is 0 Å². The Labute approximate surface area is 121 Å². The number of aromatic nitrogens is 2. The summed E-state index contributed by atoms with van der Waals surface area (Å²) in [6, 6.07) is 6.27. The third-order valence-electron chi connectivity index (χ3n) is 3.57. The van der Waals surface area contributed by atoms with E-state index in [-0.39, 0.29) is 18.2 Å². The first-order chi connectivity index (χ1) is 10.2. The van der Waals surface area contributed by atoms with E-state index in [1.807, 2.05) is 6.92 Å². The Hall–Kier alpha value is -2.24. The minimum atomic E-state index is -0.399. The Bertz CT molecular complexity index is 656. The van der Waals surface area contributed by atoms with Gasteiger partial charge in [-0.25, -0.2) is 4.39 Å². The third-order valence-corrected chi connectivity index (χ3v) is 3.57. The molecular formula is C15H16FN3O2. The van der Waals surface area contributed by atoms with Crippen LogP contribution >= 0.6 is 0 Å². The Morgan fingerprint density at radius 2 is 2.24 bits per heavy atom. The molecule has 5 nitrogen and oxygen atoms in total. The normalized spacial score (nSPS) is 18.5. The van der Waals surface area contributed by atoms with Gasteiger partial charge >= 0.3 is 0 Å². The molecule has 0 radical (unpaired) electrons. The van der Waals surface area contributed by atoms with Crippen LogP contribution in [0.3, 0.4) is 0 Å². The molecule has 0 bridgehead atoms. The molecule has 0 saturated carbocycles. The van der Waals surface area contributed by atoms with Gasteiger partial charge in [0.25, 0.3) is 0 Å². The predicted octanol–water partition coefficient (Wildman–Crippen LogP) is 2.68. The van der Waals surface area contributed by atoms with E-state index in [4.69, 9.17) is 4.52 Å². The van der Waals surface area contributed by atoms with E-state index < -0.39 is 5.82 Å². The van der Waals surface area contributed by atoms with E-state index in [0.29, 0.717) is 23.9 Å². The number of aryl methyl sites for hydroxylation is 1. The maximum absolute atomic E-state index is 13.8. The average molecular weight is 289 g/mol. The number of amides is 1. The lowest BCUT2D eigenvalue weighted by atomic mass is 10.1. The first-order valence-corrected chi connectivity index (χ1v) is 7.06. The third kappa shape index (κ3) is 2.66. The largest absolute Gasteiger partial charge is 0.339 e. The zero-order valence-corrected chi connectivity index (χ0v) is 11.8. The van der Waals surface area contributed by atoms with Gasteiger partial charge in [0.15, 0.2) is 5.82 Å². The summed E-state index contributed by atoms with van der Waals surface area (Å²) in [6.07, 6.45) is 1.95. The number of carbonyl (C=O) groups is 1. The van der Waals surface area contributed by atoms with Crippen molar-refractivity contribution in [2.24, 2.45) is 0 Å². The zero-order chi connectivity index (χ0) is 14.8. The second kappa shape index (κ2) is 5.63. The Morgan fingerprint density at radius 1 is 1.43 bits per heavy atom. The molecule has 3 rings (SSSR count). The molecule has 0 spiro atoms. The Kier molecular flexibility index (Phi) is 3.68. The van der Waals surface area contributed by atoms with E-state index in [1.165, 1.54) is 11.0 Å². The molecule has 1 unspecified atom stereocenters. The highest BCUT2D eigenvalue weighted by Crippen LogP contribution is 2.32. The van der Waals surface area contributed by atoms with Crippen molar-refractivity contribution in [2.45, 2.75) is 32.1 Å². The van der Waals surface area contributed by atoms with Gasteiger partial charge in [-0.05, 0) is 18.6 Å². The number of rotatable bonds is 4. The van der Waals surface area contributed by atoms with Crippen molar-refractivity contribution in [3.63, 3.8) is 0 Å². The standard InChI is InChI=1S/C15H16FN3O2/c1-2-5-13-17-15(21-18-13)10-8-14(20)19(9-10)12-7-4-3-6-11(12)16/h3-4,6-7,10H,2,5,8-9H2,1H3. The first-order valence-electron chi connectivity index (χ1n) is 7.06.